The molecule has 0 unspecified atom stereocenters. The number of carbonyl (C=O) groups excluding carboxylic acids is 2. The van der Waals surface area contributed by atoms with Crippen molar-refractivity contribution in [3.05, 3.63) is 53.3 Å². The number of rotatable bonds is 4. The van der Waals surface area contributed by atoms with Crippen LogP contribution in [0.4, 0.5) is 10.1 Å². The predicted molar refractivity (Wildman–Crippen MR) is 84.7 cm³/mol. The molecule has 1 aliphatic rings. The Morgan fingerprint density at radius 3 is 2.71 bits per heavy atom. The van der Waals surface area contributed by atoms with E-state index in [4.69, 9.17) is 9.47 Å². The van der Waals surface area contributed by atoms with Gasteiger partial charge in [-0.05, 0) is 42.8 Å². The summed E-state index contributed by atoms with van der Waals surface area (Å²) in [5, 5.41) is 5.02. The average molecular weight is 330 g/mol. The summed E-state index contributed by atoms with van der Waals surface area (Å²) in [5.74, 6) is -0.212. The van der Waals surface area contributed by atoms with Crippen LogP contribution in [0.5, 0.6) is 11.5 Å². The largest absolute Gasteiger partial charge is 0.454 e. The lowest BCUT2D eigenvalue weighted by molar-refractivity contribution is -0.115. The first-order valence-electron chi connectivity index (χ1n) is 7.27. The second-order valence-corrected chi connectivity index (χ2v) is 5.26. The molecule has 2 aromatic rings. The van der Waals surface area contributed by atoms with Crippen molar-refractivity contribution in [2.75, 3.05) is 18.7 Å². The smallest absolute Gasteiger partial charge is 0.251 e. The van der Waals surface area contributed by atoms with E-state index in [1.807, 2.05) is 0 Å². The standard InChI is InChI=1S/C17H15FN2O4/c1-10-2-4-12(7-13(10)18)20-16(21)8-19-17(22)11-3-5-14-15(6-11)24-9-23-14/h2-7H,8-9H2,1H3,(H,19,22)(H,20,21). The lowest BCUT2D eigenvalue weighted by Crippen LogP contribution is -2.32. The zero-order valence-electron chi connectivity index (χ0n) is 12.9. The number of aryl methyl sites for hydroxylation is 1. The van der Waals surface area contributed by atoms with Crippen molar-refractivity contribution >= 4 is 17.5 Å². The molecule has 0 radical (unpaired) electrons. The van der Waals surface area contributed by atoms with Crippen molar-refractivity contribution < 1.29 is 23.5 Å². The molecule has 0 bridgehead atoms. The number of hydrogen-bond acceptors (Lipinski definition) is 4. The van der Waals surface area contributed by atoms with Gasteiger partial charge in [0.25, 0.3) is 5.91 Å². The first-order valence-corrected chi connectivity index (χ1v) is 7.27. The highest BCUT2D eigenvalue weighted by Gasteiger charge is 2.16. The SMILES string of the molecule is Cc1ccc(NC(=O)CNC(=O)c2ccc3c(c2)OCO3)cc1F. The first-order chi connectivity index (χ1) is 11.5. The monoisotopic (exact) mass is 330 g/mol. The molecule has 0 aliphatic carbocycles. The average Bonchev–Trinajstić information content (AvgIpc) is 3.03. The molecule has 0 fully saturated rings. The van der Waals surface area contributed by atoms with Crippen molar-refractivity contribution in [2.24, 2.45) is 0 Å². The van der Waals surface area contributed by atoms with Crippen LogP contribution >= 0.6 is 0 Å². The van der Waals surface area contributed by atoms with E-state index in [1.54, 1.807) is 37.3 Å². The summed E-state index contributed by atoms with van der Waals surface area (Å²) < 4.78 is 23.8. The third kappa shape index (κ3) is 3.45. The lowest BCUT2D eigenvalue weighted by Gasteiger charge is -2.08. The number of amides is 2. The molecule has 1 aliphatic heterocycles. The van der Waals surface area contributed by atoms with E-state index in [0.29, 0.717) is 28.3 Å². The summed E-state index contributed by atoms with van der Waals surface area (Å²) in [4.78, 5) is 23.9. The number of anilines is 1. The molecule has 1 heterocycles. The van der Waals surface area contributed by atoms with Gasteiger partial charge in [-0.25, -0.2) is 4.39 Å². The maximum absolute atomic E-state index is 13.4. The topological polar surface area (TPSA) is 76.7 Å². The van der Waals surface area contributed by atoms with Gasteiger partial charge in [0, 0.05) is 11.3 Å². The molecule has 24 heavy (non-hydrogen) atoms. The quantitative estimate of drug-likeness (QED) is 0.901. The van der Waals surface area contributed by atoms with Gasteiger partial charge in [-0.2, -0.15) is 0 Å². The zero-order valence-corrected chi connectivity index (χ0v) is 12.9. The van der Waals surface area contributed by atoms with Crippen LogP contribution in [0.1, 0.15) is 15.9 Å². The van der Waals surface area contributed by atoms with Gasteiger partial charge in [-0.3, -0.25) is 9.59 Å². The minimum absolute atomic E-state index is 0.121. The number of nitrogens with one attached hydrogen (secondary N) is 2. The summed E-state index contributed by atoms with van der Waals surface area (Å²) in [7, 11) is 0. The van der Waals surface area contributed by atoms with Gasteiger partial charge in [0.05, 0.1) is 6.54 Å². The number of fused-ring (bicyclic) bond motifs is 1. The molecule has 0 saturated heterocycles. The van der Waals surface area contributed by atoms with Gasteiger partial charge >= 0.3 is 0 Å². The van der Waals surface area contributed by atoms with E-state index in [0.717, 1.165) is 0 Å². The van der Waals surface area contributed by atoms with Crippen LogP contribution in [0, 0.1) is 12.7 Å². The van der Waals surface area contributed by atoms with Crippen LogP contribution in [0.15, 0.2) is 36.4 Å². The Morgan fingerprint density at radius 2 is 1.92 bits per heavy atom. The van der Waals surface area contributed by atoms with Crippen LogP contribution < -0.4 is 20.1 Å². The fourth-order valence-corrected chi connectivity index (χ4v) is 2.18. The molecular weight excluding hydrogens is 315 g/mol. The molecule has 0 atom stereocenters. The molecule has 2 aromatic carbocycles. The summed E-state index contributed by atoms with van der Waals surface area (Å²) >= 11 is 0. The highest BCUT2D eigenvalue weighted by atomic mass is 19.1. The Morgan fingerprint density at radius 1 is 1.12 bits per heavy atom. The highest BCUT2D eigenvalue weighted by Crippen LogP contribution is 2.32. The normalized spacial score (nSPS) is 11.9. The van der Waals surface area contributed by atoms with E-state index >= 15 is 0 Å². The highest BCUT2D eigenvalue weighted by molar-refractivity contribution is 5.99. The Hall–Kier alpha value is -3.09. The number of benzene rings is 2. The van der Waals surface area contributed by atoms with Gasteiger partial charge in [0.15, 0.2) is 11.5 Å². The summed E-state index contributed by atoms with van der Waals surface area (Å²) in [6, 6.07) is 9.15. The third-order valence-electron chi connectivity index (χ3n) is 3.50. The van der Waals surface area contributed by atoms with E-state index < -0.39 is 17.6 Å². The fourth-order valence-electron chi connectivity index (χ4n) is 2.18. The first kappa shape index (κ1) is 15.8. The predicted octanol–water partition coefficient (Wildman–Crippen LogP) is 2.23. The minimum Gasteiger partial charge on any atom is -0.454 e. The van der Waals surface area contributed by atoms with E-state index in [-0.39, 0.29) is 13.3 Å². The van der Waals surface area contributed by atoms with Crippen molar-refractivity contribution in [1.29, 1.82) is 0 Å². The van der Waals surface area contributed by atoms with Crippen molar-refractivity contribution in [1.82, 2.24) is 5.32 Å². The van der Waals surface area contributed by atoms with Crippen LogP contribution in [0.25, 0.3) is 0 Å². The fraction of sp³-hybridized carbons (Fsp3) is 0.176. The molecule has 3 rings (SSSR count). The zero-order chi connectivity index (χ0) is 17.1. The van der Waals surface area contributed by atoms with Crippen LogP contribution in [-0.4, -0.2) is 25.2 Å². The number of carbonyl (C=O) groups is 2. The van der Waals surface area contributed by atoms with Gasteiger partial charge in [0.2, 0.25) is 12.7 Å². The molecule has 124 valence electrons. The maximum Gasteiger partial charge on any atom is 0.251 e. The van der Waals surface area contributed by atoms with Gasteiger partial charge in [-0.15, -0.1) is 0 Å². The van der Waals surface area contributed by atoms with Gasteiger partial charge in [-0.1, -0.05) is 6.07 Å². The third-order valence-corrected chi connectivity index (χ3v) is 3.50. The number of ether oxygens (including phenoxy) is 2. The van der Waals surface area contributed by atoms with E-state index in [1.165, 1.54) is 6.07 Å². The molecule has 6 nitrogen and oxygen atoms in total. The Balaban J connectivity index is 1.55. The Bertz CT molecular complexity index is 807. The molecular formula is C17H15FN2O4. The van der Waals surface area contributed by atoms with Crippen LogP contribution in [-0.2, 0) is 4.79 Å². The Kier molecular flexibility index (Phi) is 4.33. The minimum atomic E-state index is -0.452. The van der Waals surface area contributed by atoms with E-state index in [2.05, 4.69) is 10.6 Å². The molecule has 7 heteroatoms. The second-order valence-electron chi connectivity index (χ2n) is 5.26. The Labute approximate surface area is 137 Å². The molecule has 2 amide bonds. The van der Waals surface area contributed by atoms with Crippen LogP contribution in [0.3, 0.4) is 0 Å². The summed E-state index contributed by atoms with van der Waals surface area (Å²) in [6.45, 7) is 1.52. The number of halogens is 1. The maximum atomic E-state index is 13.4. The summed E-state index contributed by atoms with van der Waals surface area (Å²) in [5.41, 5.74) is 1.18. The van der Waals surface area contributed by atoms with Gasteiger partial charge in [0.1, 0.15) is 5.82 Å². The molecule has 0 spiro atoms. The molecule has 2 N–H and O–H groups in total. The molecule has 0 saturated carbocycles. The molecule has 0 aromatic heterocycles. The van der Waals surface area contributed by atoms with Gasteiger partial charge < -0.3 is 20.1 Å². The van der Waals surface area contributed by atoms with Crippen LogP contribution in [0.2, 0.25) is 0 Å². The summed E-state index contributed by atoms with van der Waals surface area (Å²) in [6.07, 6.45) is 0. The van der Waals surface area contributed by atoms with E-state index in [9.17, 15) is 14.0 Å². The van der Waals surface area contributed by atoms with Crippen molar-refractivity contribution in [3.63, 3.8) is 0 Å². The lowest BCUT2D eigenvalue weighted by atomic mass is 10.2. The number of hydrogen-bond donors (Lipinski definition) is 2. The second kappa shape index (κ2) is 6.57. The van der Waals surface area contributed by atoms with Crippen molar-refractivity contribution in [3.8, 4) is 11.5 Å². The van der Waals surface area contributed by atoms with Crippen molar-refractivity contribution in [2.45, 2.75) is 6.92 Å².